The van der Waals surface area contributed by atoms with Crippen LogP contribution >= 0.6 is 20.0 Å². The fourth-order valence-corrected chi connectivity index (χ4v) is 1.38. The van der Waals surface area contributed by atoms with Gasteiger partial charge in [0, 0.05) is 12.7 Å². The Bertz CT molecular complexity index is 314. The van der Waals surface area contributed by atoms with Crippen LogP contribution in [0.4, 0.5) is 0 Å². The minimum absolute atomic E-state index is 0.129. The fraction of sp³-hybridized carbons (Fsp3) is 0.333. The van der Waals surface area contributed by atoms with Crippen LogP contribution < -0.4 is 0 Å². The standard InChI is InChI=1S/C12H16O2.Cl2Ge/c1-10(12(13-2)14-3)9-11-7-5-4-6-8-11;1-3-2/h4-9,12H,1-3H3;/p+1/b10-9+;. The van der Waals surface area contributed by atoms with Gasteiger partial charge in [0.2, 0.25) is 0 Å². The van der Waals surface area contributed by atoms with Gasteiger partial charge in [-0.25, -0.2) is 0 Å². The number of aliphatic hydroxyl groups is 2. The molecule has 5 heteroatoms. The van der Waals surface area contributed by atoms with Gasteiger partial charge in [-0.15, -0.1) is 0 Å². The second-order valence-electron chi connectivity index (χ2n) is 3.22. The van der Waals surface area contributed by atoms with Crippen LogP contribution in [0.25, 0.3) is 6.08 Å². The topological polar surface area (TPSA) is 22.0 Å². The number of hydrogen-bond acceptors (Lipinski definition) is 1. The first kappa shape index (κ1) is 17.0. The van der Waals surface area contributed by atoms with E-state index in [1.807, 2.05) is 25.1 Å². The SMILES string of the molecule is COC([OH+]C)/C(C)=C/c1ccccc1.[Cl][Ge][Cl]. The van der Waals surface area contributed by atoms with Crippen LogP contribution in [0, 0.1) is 0 Å². The van der Waals surface area contributed by atoms with E-state index in [0.29, 0.717) is 0 Å². The van der Waals surface area contributed by atoms with Crippen molar-refractivity contribution in [2.24, 2.45) is 0 Å². The normalized spacial score (nSPS) is 12.6. The van der Waals surface area contributed by atoms with Crippen LogP contribution in [0.15, 0.2) is 35.9 Å². The number of hydrogen-bond donors (Lipinski definition) is 0. The van der Waals surface area contributed by atoms with Crippen LogP contribution in [0.3, 0.4) is 0 Å². The zero-order valence-electron chi connectivity index (χ0n) is 10.2. The van der Waals surface area contributed by atoms with Crippen molar-refractivity contribution in [1.29, 1.82) is 0 Å². The van der Waals surface area contributed by atoms with E-state index < -0.39 is 13.6 Å². The van der Waals surface area contributed by atoms with Gasteiger partial charge in [-0.1, -0.05) is 30.3 Å². The first-order valence-electron chi connectivity index (χ1n) is 5.00. The van der Waals surface area contributed by atoms with Crippen molar-refractivity contribution in [2.45, 2.75) is 13.2 Å². The zero-order valence-corrected chi connectivity index (χ0v) is 13.8. The molecule has 2 nitrogen and oxygen atoms in total. The molecule has 1 aromatic carbocycles. The van der Waals surface area contributed by atoms with Gasteiger partial charge in [0.25, 0.3) is 6.29 Å². The van der Waals surface area contributed by atoms with Crippen LogP contribution in [0.2, 0.25) is 0 Å². The summed E-state index contributed by atoms with van der Waals surface area (Å²) in [5.41, 5.74) is 2.29. The predicted octanol–water partition coefficient (Wildman–Crippen LogP) is 3.22. The second kappa shape index (κ2) is 11.1. The third-order valence-corrected chi connectivity index (χ3v) is 2.04. The third-order valence-electron chi connectivity index (χ3n) is 2.04. The summed E-state index contributed by atoms with van der Waals surface area (Å²) in [5.74, 6) is 0. The molecule has 0 aliphatic rings. The monoisotopic (exact) mass is 337 g/mol. The Morgan fingerprint density at radius 3 is 2.29 bits per heavy atom. The van der Waals surface area contributed by atoms with E-state index in [4.69, 9.17) is 24.8 Å². The Balaban J connectivity index is 0.000000770. The Morgan fingerprint density at radius 2 is 1.88 bits per heavy atom. The fourth-order valence-electron chi connectivity index (χ4n) is 1.38. The molecule has 1 N–H and O–H groups in total. The Hall–Kier alpha value is 0.00286. The number of methoxy groups -OCH3 is 1. The van der Waals surface area contributed by atoms with Crippen molar-refractivity contribution in [3.8, 4) is 0 Å². The first-order chi connectivity index (χ1) is 8.19. The first-order valence-corrected chi connectivity index (χ1v) is 10.5. The summed E-state index contributed by atoms with van der Waals surface area (Å²) in [6.07, 6.45) is 1.96. The van der Waals surface area contributed by atoms with Gasteiger partial charge >= 0.3 is 33.6 Å². The van der Waals surface area contributed by atoms with Crippen LogP contribution in [-0.4, -0.2) is 38.8 Å². The van der Waals surface area contributed by atoms with E-state index in [0.717, 1.165) is 5.57 Å². The van der Waals surface area contributed by atoms with E-state index in [1.165, 1.54) is 5.56 Å². The molecular weight excluding hydrogens is 320 g/mol. The summed E-state index contributed by atoms with van der Waals surface area (Å²) in [4.78, 5) is 0. The number of benzene rings is 1. The molecule has 0 spiro atoms. The molecule has 0 heterocycles. The molecule has 0 aromatic heterocycles. The molecule has 0 bridgehead atoms. The molecule has 0 aliphatic heterocycles. The van der Waals surface area contributed by atoms with E-state index in [-0.39, 0.29) is 6.29 Å². The van der Waals surface area contributed by atoms with Gasteiger partial charge in [-0.3, -0.25) is 0 Å². The zero-order chi connectivity index (χ0) is 13.1. The molecule has 1 atom stereocenters. The number of rotatable bonds is 4. The van der Waals surface area contributed by atoms with Crippen molar-refractivity contribution in [2.75, 3.05) is 14.2 Å². The number of halogens is 2. The summed E-state index contributed by atoms with van der Waals surface area (Å²) in [7, 11) is 13.2. The Labute approximate surface area is 118 Å². The average molecular weight is 337 g/mol. The van der Waals surface area contributed by atoms with E-state index in [9.17, 15) is 0 Å². The Kier molecular flexibility index (Phi) is 11.1. The van der Waals surface area contributed by atoms with Crippen molar-refractivity contribution in [3.05, 3.63) is 41.5 Å². The summed E-state index contributed by atoms with van der Waals surface area (Å²) in [6, 6.07) is 10.2. The van der Waals surface area contributed by atoms with Crippen LogP contribution in [0.5, 0.6) is 0 Å². The Morgan fingerprint density at radius 1 is 1.35 bits per heavy atom. The van der Waals surface area contributed by atoms with Crippen LogP contribution in [0.1, 0.15) is 12.5 Å². The second-order valence-corrected chi connectivity index (χ2v) is 6.49. The van der Waals surface area contributed by atoms with E-state index in [2.05, 4.69) is 22.9 Å². The summed E-state index contributed by atoms with van der Waals surface area (Å²) in [6.45, 7) is 2.02. The van der Waals surface area contributed by atoms with Gasteiger partial charge < -0.3 is 9.47 Å². The molecule has 1 aromatic rings. The molecule has 0 saturated carbocycles. The molecule has 94 valence electrons. The summed E-state index contributed by atoms with van der Waals surface area (Å²) < 4.78 is 9.31. The van der Waals surface area contributed by atoms with Gasteiger partial charge in [0.15, 0.2) is 0 Å². The van der Waals surface area contributed by atoms with Gasteiger partial charge in [0.1, 0.15) is 7.11 Å². The van der Waals surface area contributed by atoms with Gasteiger partial charge in [0.05, 0.1) is 0 Å². The van der Waals surface area contributed by atoms with E-state index in [1.54, 1.807) is 14.2 Å². The minimum atomic E-state index is -0.556. The molecular formula is C12H17Cl2GeO2+. The van der Waals surface area contributed by atoms with Crippen LogP contribution in [-0.2, 0) is 4.74 Å². The van der Waals surface area contributed by atoms with Crippen molar-refractivity contribution < 1.29 is 9.47 Å². The molecule has 17 heavy (non-hydrogen) atoms. The molecule has 0 amide bonds. The van der Waals surface area contributed by atoms with Crippen molar-refractivity contribution in [1.82, 2.24) is 0 Å². The van der Waals surface area contributed by atoms with Crippen molar-refractivity contribution in [3.63, 3.8) is 0 Å². The maximum atomic E-state index is 5.20. The number of ether oxygens (including phenoxy) is 2. The van der Waals surface area contributed by atoms with E-state index >= 15 is 0 Å². The van der Waals surface area contributed by atoms with Gasteiger partial charge in [-0.2, -0.15) is 0 Å². The average Bonchev–Trinajstić information content (AvgIpc) is 2.33. The predicted molar refractivity (Wildman–Crippen MR) is 76.5 cm³/mol. The molecule has 0 fully saturated rings. The third kappa shape index (κ3) is 7.84. The molecule has 0 saturated heterocycles. The quantitative estimate of drug-likeness (QED) is 0.470. The van der Waals surface area contributed by atoms with Crippen molar-refractivity contribution >= 4 is 39.7 Å². The van der Waals surface area contributed by atoms with Gasteiger partial charge in [-0.05, 0) is 18.6 Å². The maximum absolute atomic E-state index is 5.20. The molecule has 2 radical (unpaired) electrons. The molecule has 1 unspecified atom stereocenters. The summed E-state index contributed by atoms with van der Waals surface area (Å²) in [5, 5.41) is 0. The molecule has 0 aliphatic carbocycles. The molecule has 1 rings (SSSR count). The summed E-state index contributed by atoms with van der Waals surface area (Å²) >= 11 is -0.556.